The molecule has 0 heterocycles. The monoisotopic (exact) mass is 289 g/mol. The smallest absolute Gasteiger partial charge is 0.384 e. The quantitative estimate of drug-likeness (QED) is 0.663. The van der Waals surface area contributed by atoms with Crippen LogP contribution in [-0.4, -0.2) is 23.8 Å². The Morgan fingerprint density at radius 1 is 1.35 bits per heavy atom. The van der Waals surface area contributed by atoms with Crippen LogP contribution in [0, 0.1) is 17.7 Å². The highest BCUT2D eigenvalue weighted by atomic mass is 19.4. The minimum absolute atomic E-state index is 0.0828. The van der Waals surface area contributed by atoms with Crippen molar-refractivity contribution < 1.29 is 27.5 Å². The summed E-state index contributed by atoms with van der Waals surface area (Å²) in [6, 6.07) is 3.26. The average Bonchev–Trinajstić information content (AvgIpc) is 2.36. The molecule has 3 nitrogen and oxygen atoms in total. The normalized spacial score (nSPS) is 10.7. The summed E-state index contributed by atoms with van der Waals surface area (Å²) in [4.78, 5) is 11.4. The van der Waals surface area contributed by atoms with E-state index in [4.69, 9.17) is 5.11 Å². The third-order valence-corrected chi connectivity index (χ3v) is 2.19. The zero-order valence-corrected chi connectivity index (χ0v) is 10.2. The minimum Gasteiger partial charge on any atom is -0.384 e. The van der Waals surface area contributed by atoms with Crippen molar-refractivity contribution in [2.45, 2.75) is 19.0 Å². The minimum atomic E-state index is -4.42. The molecule has 20 heavy (non-hydrogen) atoms. The van der Waals surface area contributed by atoms with Crippen molar-refractivity contribution in [3.8, 4) is 11.8 Å². The van der Waals surface area contributed by atoms with E-state index in [-0.39, 0.29) is 11.3 Å². The number of hydrogen-bond donors (Lipinski definition) is 2. The maximum Gasteiger partial charge on any atom is 0.389 e. The number of nitrogens with one attached hydrogen (secondary N) is 1. The van der Waals surface area contributed by atoms with Crippen LogP contribution in [0.25, 0.3) is 0 Å². The van der Waals surface area contributed by atoms with E-state index >= 15 is 0 Å². The second-order valence-corrected chi connectivity index (χ2v) is 3.81. The van der Waals surface area contributed by atoms with Crippen molar-refractivity contribution in [3.05, 3.63) is 29.6 Å². The first-order chi connectivity index (χ1) is 9.31. The van der Waals surface area contributed by atoms with E-state index in [1.54, 1.807) is 0 Å². The fourth-order valence-electron chi connectivity index (χ4n) is 1.33. The van der Waals surface area contributed by atoms with Gasteiger partial charge in [0, 0.05) is 6.42 Å². The Morgan fingerprint density at radius 3 is 2.65 bits per heavy atom. The Balaban J connectivity index is 2.79. The first-order valence-electron chi connectivity index (χ1n) is 5.57. The van der Waals surface area contributed by atoms with Gasteiger partial charge in [0.25, 0.3) is 0 Å². The van der Waals surface area contributed by atoms with E-state index in [0.29, 0.717) is 0 Å². The fraction of sp³-hybridized carbons (Fsp3) is 0.308. The van der Waals surface area contributed by atoms with Crippen molar-refractivity contribution in [3.63, 3.8) is 0 Å². The second-order valence-electron chi connectivity index (χ2n) is 3.81. The number of aliphatic hydroxyl groups is 1. The number of hydrogen-bond acceptors (Lipinski definition) is 2. The number of carbonyl (C=O) groups is 1. The van der Waals surface area contributed by atoms with Gasteiger partial charge in [0.2, 0.25) is 5.91 Å². The number of anilines is 1. The van der Waals surface area contributed by atoms with Gasteiger partial charge in [0.15, 0.2) is 0 Å². The van der Waals surface area contributed by atoms with Crippen molar-refractivity contribution in [2.75, 3.05) is 11.9 Å². The molecule has 0 bridgehead atoms. The highest BCUT2D eigenvalue weighted by Crippen LogP contribution is 2.22. The summed E-state index contributed by atoms with van der Waals surface area (Å²) >= 11 is 0. The maximum absolute atomic E-state index is 13.0. The van der Waals surface area contributed by atoms with Crippen LogP contribution in [-0.2, 0) is 4.79 Å². The van der Waals surface area contributed by atoms with Crippen LogP contribution in [0.2, 0.25) is 0 Å². The molecule has 0 atom stereocenters. The first kappa shape index (κ1) is 16.0. The second kappa shape index (κ2) is 6.91. The number of halogens is 4. The highest BCUT2D eigenvalue weighted by molar-refractivity contribution is 5.92. The molecule has 0 aliphatic heterocycles. The third-order valence-electron chi connectivity index (χ3n) is 2.19. The van der Waals surface area contributed by atoms with Crippen LogP contribution in [0.1, 0.15) is 18.4 Å². The first-order valence-corrected chi connectivity index (χ1v) is 5.57. The Morgan fingerprint density at radius 2 is 2.05 bits per heavy atom. The summed E-state index contributed by atoms with van der Waals surface area (Å²) < 4.78 is 48.9. The molecule has 1 aromatic carbocycles. The lowest BCUT2D eigenvalue weighted by atomic mass is 10.1. The zero-order valence-electron chi connectivity index (χ0n) is 10.2. The topological polar surface area (TPSA) is 49.3 Å². The Labute approximate surface area is 112 Å². The van der Waals surface area contributed by atoms with Crippen molar-refractivity contribution in [2.24, 2.45) is 0 Å². The number of amides is 1. The molecule has 1 rings (SSSR count). The molecule has 0 radical (unpaired) electrons. The molecule has 1 aromatic rings. The van der Waals surface area contributed by atoms with Gasteiger partial charge >= 0.3 is 6.18 Å². The van der Waals surface area contributed by atoms with E-state index in [9.17, 15) is 22.4 Å². The molecule has 0 saturated carbocycles. The van der Waals surface area contributed by atoms with Gasteiger partial charge in [-0.25, -0.2) is 4.39 Å². The summed E-state index contributed by atoms with van der Waals surface area (Å²) in [6.07, 6.45) is -6.38. The summed E-state index contributed by atoms with van der Waals surface area (Å²) in [5.74, 6) is 3.22. The van der Waals surface area contributed by atoms with Gasteiger partial charge < -0.3 is 10.4 Å². The van der Waals surface area contributed by atoms with Crippen LogP contribution in [0.5, 0.6) is 0 Å². The lowest BCUT2D eigenvalue weighted by molar-refractivity contribution is -0.142. The molecule has 2 N–H and O–H groups in total. The Kier molecular flexibility index (Phi) is 5.53. The fourth-order valence-corrected chi connectivity index (χ4v) is 1.33. The maximum atomic E-state index is 13.0. The molecule has 108 valence electrons. The van der Waals surface area contributed by atoms with Gasteiger partial charge in [-0.15, -0.1) is 0 Å². The van der Waals surface area contributed by atoms with E-state index in [1.807, 2.05) is 0 Å². The van der Waals surface area contributed by atoms with Gasteiger partial charge in [0.05, 0.1) is 17.7 Å². The van der Waals surface area contributed by atoms with Crippen LogP contribution >= 0.6 is 0 Å². The van der Waals surface area contributed by atoms with Gasteiger partial charge in [-0.3, -0.25) is 4.79 Å². The molecule has 0 fully saturated rings. The standard InChI is InChI=1S/C13H11F4NO2/c14-10-3-4-11(9(8-10)2-1-7-19)18-12(20)5-6-13(15,16)17/h3-4,8,19H,5-7H2,(H,18,20). The number of rotatable bonds is 3. The highest BCUT2D eigenvalue weighted by Gasteiger charge is 2.27. The Bertz CT molecular complexity index is 544. The van der Waals surface area contributed by atoms with Crippen LogP contribution in [0.4, 0.5) is 23.2 Å². The summed E-state index contributed by atoms with van der Waals surface area (Å²) in [5.41, 5.74) is 0.180. The predicted octanol–water partition coefficient (Wildman–Crippen LogP) is 2.45. The summed E-state index contributed by atoms with van der Waals surface area (Å²) in [7, 11) is 0. The van der Waals surface area contributed by atoms with Crippen molar-refractivity contribution in [1.29, 1.82) is 0 Å². The predicted molar refractivity (Wildman–Crippen MR) is 64.3 cm³/mol. The number of benzene rings is 1. The molecule has 0 spiro atoms. The molecule has 0 saturated heterocycles. The number of aliphatic hydroxyl groups excluding tert-OH is 1. The number of alkyl halides is 3. The molecule has 0 aliphatic carbocycles. The van der Waals surface area contributed by atoms with E-state index < -0.39 is 37.3 Å². The number of carbonyl (C=O) groups excluding carboxylic acids is 1. The van der Waals surface area contributed by atoms with Gasteiger partial charge in [-0.1, -0.05) is 11.8 Å². The molecule has 0 aromatic heterocycles. The van der Waals surface area contributed by atoms with E-state index in [0.717, 1.165) is 12.1 Å². The van der Waals surface area contributed by atoms with E-state index in [1.165, 1.54) is 6.07 Å². The average molecular weight is 289 g/mol. The van der Waals surface area contributed by atoms with Crippen molar-refractivity contribution >= 4 is 11.6 Å². The molecule has 0 unspecified atom stereocenters. The van der Waals surface area contributed by atoms with Crippen LogP contribution in [0.3, 0.4) is 0 Å². The van der Waals surface area contributed by atoms with Crippen LogP contribution < -0.4 is 5.32 Å². The lowest BCUT2D eigenvalue weighted by Gasteiger charge is -2.09. The Hall–Kier alpha value is -2.07. The third kappa shape index (κ3) is 5.71. The van der Waals surface area contributed by atoms with E-state index in [2.05, 4.69) is 17.2 Å². The molecule has 0 aliphatic rings. The van der Waals surface area contributed by atoms with Crippen molar-refractivity contribution in [1.82, 2.24) is 0 Å². The molecular formula is C13H11F4NO2. The lowest BCUT2D eigenvalue weighted by Crippen LogP contribution is -2.17. The summed E-state index contributed by atoms with van der Waals surface area (Å²) in [6.45, 7) is -0.460. The zero-order chi connectivity index (χ0) is 15.2. The summed E-state index contributed by atoms with van der Waals surface area (Å²) in [5, 5.41) is 10.8. The van der Waals surface area contributed by atoms with Gasteiger partial charge in [-0.2, -0.15) is 13.2 Å². The molecule has 7 heteroatoms. The van der Waals surface area contributed by atoms with Gasteiger partial charge in [0.1, 0.15) is 12.4 Å². The molecule has 1 amide bonds. The SMILES string of the molecule is O=C(CCC(F)(F)F)Nc1ccc(F)cc1C#CCO. The largest absolute Gasteiger partial charge is 0.389 e. The van der Waals surface area contributed by atoms with Gasteiger partial charge in [-0.05, 0) is 18.2 Å². The molecular weight excluding hydrogens is 278 g/mol. The van der Waals surface area contributed by atoms with Crippen LogP contribution in [0.15, 0.2) is 18.2 Å².